The first-order chi connectivity index (χ1) is 7.27. The van der Waals surface area contributed by atoms with Crippen LogP contribution in [0.15, 0.2) is 24.3 Å². The van der Waals surface area contributed by atoms with Crippen molar-refractivity contribution in [1.82, 2.24) is 5.32 Å². The van der Waals surface area contributed by atoms with Crippen molar-refractivity contribution in [1.29, 1.82) is 0 Å². The number of hydrogen-bond acceptors (Lipinski definition) is 2. The second kappa shape index (κ2) is 4.43. The van der Waals surface area contributed by atoms with Gasteiger partial charge >= 0.3 is 6.18 Å². The van der Waals surface area contributed by atoms with E-state index in [1.807, 2.05) is 0 Å². The Morgan fingerprint density at radius 1 is 1.25 bits per heavy atom. The molecule has 0 aliphatic carbocycles. The second-order valence-corrected chi connectivity index (χ2v) is 3.88. The fraction of sp³-hybridized carbons (Fsp3) is 0.455. The molecule has 0 amide bonds. The smallest absolute Gasteiger partial charge is 0.384 e. The molecule has 16 heavy (non-hydrogen) atoms. The van der Waals surface area contributed by atoms with Gasteiger partial charge in [-0.1, -0.05) is 12.1 Å². The van der Waals surface area contributed by atoms with E-state index < -0.39 is 17.3 Å². The van der Waals surface area contributed by atoms with Crippen LogP contribution in [-0.4, -0.2) is 18.7 Å². The maximum absolute atomic E-state index is 12.4. The van der Waals surface area contributed by atoms with E-state index in [0.29, 0.717) is 0 Å². The van der Waals surface area contributed by atoms with Crippen molar-refractivity contribution in [2.45, 2.75) is 18.7 Å². The summed E-state index contributed by atoms with van der Waals surface area (Å²) in [6.45, 7) is 1.66. The highest BCUT2D eigenvalue weighted by atomic mass is 19.4. The zero-order valence-corrected chi connectivity index (χ0v) is 9.10. The summed E-state index contributed by atoms with van der Waals surface area (Å²) in [6, 6.07) is 4.73. The fourth-order valence-electron chi connectivity index (χ4n) is 1.48. The van der Waals surface area contributed by atoms with Crippen LogP contribution in [0.25, 0.3) is 0 Å². The summed E-state index contributed by atoms with van der Waals surface area (Å²) in [5.41, 5.74) is -1.81. The number of nitrogens with one attached hydrogen (secondary N) is 1. The van der Waals surface area contributed by atoms with Crippen molar-refractivity contribution in [3.05, 3.63) is 35.4 Å². The van der Waals surface area contributed by atoms with Crippen LogP contribution in [0.2, 0.25) is 0 Å². The van der Waals surface area contributed by atoms with Gasteiger partial charge in [0.2, 0.25) is 0 Å². The molecule has 0 heterocycles. The van der Waals surface area contributed by atoms with E-state index in [1.54, 1.807) is 7.05 Å². The molecular formula is C11H14F3NO. The molecule has 1 aromatic rings. The quantitative estimate of drug-likeness (QED) is 0.838. The SMILES string of the molecule is CNCC(C)(O)c1cccc(C(F)(F)F)c1. The lowest BCUT2D eigenvalue weighted by Crippen LogP contribution is -2.33. The molecule has 1 atom stereocenters. The molecule has 0 bridgehead atoms. The van der Waals surface area contributed by atoms with Gasteiger partial charge in [0.15, 0.2) is 0 Å². The highest BCUT2D eigenvalue weighted by Crippen LogP contribution is 2.31. The molecule has 1 aromatic carbocycles. The molecule has 2 nitrogen and oxygen atoms in total. The molecule has 90 valence electrons. The zero-order chi connectivity index (χ0) is 12.4. The number of alkyl halides is 3. The van der Waals surface area contributed by atoms with E-state index in [4.69, 9.17) is 0 Å². The highest BCUT2D eigenvalue weighted by Gasteiger charge is 2.32. The molecule has 1 rings (SSSR count). The monoisotopic (exact) mass is 233 g/mol. The predicted molar refractivity (Wildman–Crippen MR) is 54.9 cm³/mol. The first-order valence-electron chi connectivity index (χ1n) is 4.82. The first kappa shape index (κ1) is 13.0. The molecule has 0 aliphatic rings. The molecule has 0 aliphatic heterocycles. The number of likely N-dealkylation sites (N-methyl/N-ethyl adjacent to an activating group) is 1. The summed E-state index contributed by atoms with van der Waals surface area (Å²) in [4.78, 5) is 0. The van der Waals surface area contributed by atoms with Gasteiger partial charge in [0.1, 0.15) is 0 Å². The molecule has 0 radical (unpaired) electrons. The minimum absolute atomic E-state index is 0.189. The van der Waals surface area contributed by atoms with E-state index >= 15 is 0 Å². The minimum atomic E-state index is -4.38. The molecule has 0 spiro atoms. The summed E-state index contributed by atoms with van der Waals surface area (Å²) >= 11 is 0. The minimum Gasteiger partial charge on any atom is -0.384 e. The Hall–Kier alpha value is -1.07. The van der Waals surface area contributed by atoms with Crippen molar-refractivity contribution in [3.8, 4) is 0 Å². The third-order valence-corrected chi connectivity index (χ3v) is 2.33. The average Bonchev–Trinajstić information content (AvgIpc) is 2.16. The number of hydrogen-bond donors (Lipinski definition) is 2. The number of aliphatic hydroxyl groups is 1. The van der Waals surface area contributed by atoms with E-state index in [1.165, 1.54) is 19.1 Å². The Bertz CT molecular complexity index is 360. The molecule has 0 saturated heterocycles. The Labute approximate surface area is 92.1 Å². The Morgan fingerprint density at radius 2 is 1.81 bits per heavy atom. The normalized spacial score (nSPS) is 15.9. The van der Waals surface area contributed by atoms with Crippen LogP contribution in [0.4, 0.5) is 13.2 Å². The van der Waals surface area contributed by atoms with Crippen LogP contribution in [0.3, 0.4) is 0 Å². The number of halogens is 3. The van der Waals surface area contributed by atoms with Gasteiger partial charge in [-0.25, -0.2) is 0 Å². The average molecular weight is 233 g/mol. The van der Waals surface area contributed by atoms with Crippen LogP contribution in [0, 0.1) is 0 Å². The number of benzene rings is 1. The van der Waals surface area contributed by atoms with Gasteiger partial charge in [-0.15, -0.1) is 0 Å². The topological polar surface area (TPSA) is 32.3 Å². The van der Waals surface area contributed by atoms with Crippen LogP contribution in [0.1, 0.15) is 18.1 Å². The van der Waals surface area contributed by atoms with Gasteiger partial charge in [0.05, 0.1) is 11.2 Å². The van der Waals surface area contributed by atoms with Gasteiger partial charge in [-0.3, -0.25) is 0 Å². The van der Waals surface area contributed by atoms with Crippen molar-refractivity contribution < 1.29 is 18.3 Å². The lowest BCUT2D eigenvalue weighted by molar-refractivity contribution is -0.137. The molecule has 1 unspecified atom stereocenters. The second-order valence-electron chi connectivity index (χ2n) is 3.88. The Balaban J connectivity index is 3.08. The van der Waals surface area contributed by atoms with Gasteiger partial charge < -0.3 is 10.4 Å². The predicted octanol–water partition coefficient (Wildman–Crippen LogP) is 2.13. The van der Waals surface area contributed by atoms with Gasteiger partial charge in [0, 0.05) is 6.54 Å². The van der Waals surface area contributed by atoms with Crippen molar-refractivity contribution >= 4 is 0 Å². The van der Waals surface area contributed by atoms with Crippen molar-refractivity contribution in [2.75, 3.05) is 13.6 Å². The fourth-order valence-corrected chi connectivity index (χ4v) is 1.48. The number of rotatable bonds is 3. The van der Waals surface area contributed by atoms with Gasteiger partial charge in [0.25, 0.3) is 0 Å². The van der Waals surface area contributed by atoms with Crippen molar-refractivity contribution in [3.63, 3.8) is 0 Å². The first-order valence-corrected chi connectivity index (χ1v) is 4.82. The van der Waals surface area contributed by atoms with Crippen LogP contribution in [-0.2, 0) is 11.8 Å². The highest BCUT2D eigenvalue weighted by molar-refractivity contribution is 5.29. The lowest BCUT2D eigenvalue weighted by Gasteiger charge is -2.24. The standard InChI is InChI=1S/C11H14F3NO/c1-10(16,7-15-2)8-4-3-5-9(6-8)11(12,13)14/h3-6,15-16H,7H2,1-2H3. The summed E-state index contributed by atoms with van der Waals surface area (Å²) in [5, 5.41) is 12.7. The molecule has 5 heteroatoms. The summed E-state index contributed by atoms with van der Waals surface area (Å²) in [7, 11) is 1.63. The van der Waals surface area contributed by atoms with E-state index in [2.05, 4.69) is 5.32 Å². The lowest BCUT2D eigenvalue weighted by atomic mass is 9.94. The van der Waals surface area contributed by atoms with E-state index in [0.717, 1.165) is 12.1 Å². The summed E-state index contributed by atoms with van der Waals surface area (Å²) < 4.78 is 37.3. The van der Waals surface area contributed by atoms with Crippen LogP contribution in [0.5, 0.6) is 0 Å². The largest absolute Gasteiger partial charge is 0.416 e. The molecule has 0 fully saturated rings. The van der Waals surface area contributed by atoms with Crippen LogP contribution >= 0.6 is 0 Å². The Kier molecular flexibility index (Phi) is 3.60. The zero-order valence-electron chi connectivity index (χ0n) is 9.10. The molecule has 0 aromatic heterocycles. The Morgan fingerprint density at radius 3 is 2.31 bits per heavy atom. The van der Waals surface area contributed by atoms with Crippen molar-refractivity contribution in [2.24, 2.45) is 0 Å². The molecular weight excluding hydrogens is 219 g/mol. The van der Waals surface area contributed by atoms with Crippen LogP contribution < -0.4 is 5.32 Å². The molecule has 2 N–H and O–H groups in total. The third-order valence-electron chi connectivity index (χ3n) is 2.33. The van der Waals surface area contributed by atoms with Gasteiger partial charge in [-0.2, -0.15) is 13.2 Å². The maximum atomic E-state index is 12.4. The molecule has 0 saturated carbocycles. The van der Waals surface area contributed by atoms with Gasteiger partial charge in [-0.05, 0) is 31.7 Å². The maximum Gasteiger partial charge on any atom is 0.416 e. The summed E-state index contributed by atoms with van der Waals surface area (Å²) in [6.07, 6.45) is -4.38. The third kappa shape index (κ3) is 2.96. The van der Waals surface area contributed by atoms with E-state index in [-0.39, 0.29) is 12.1 Å². The summed E-state index contributed by atoms with van der Waals surface area (Å²) in [5.74, 6) is 0. The van der Waals surface area contributed by atoms with E-state index in [9.17, 15) is 18.3 Å².